The molecule has 0 spiro atoms. The number of carboxylic acid groups (broad SMARTS) is 1. The molecule has 0 bridgehead atoms. The molecule has 1 heterocycles. The quantitative estimate of drug-likeness (QED) is 0.256. The Labute approximate surface area is 233 Å². The maximum atomic E-state index is 12.8. The van der Waals surface area contributed by atoms with Gasteiger partial charge in [-0.1, -0.05) is 54.9 Å². The molecule has 39 heavy (non-hydrogen) atoms. The molecule has 2 rings (SSSR count). The Bertz CT molecular complexity index is 1190. The van der Waals surface area contributed by atoms with E-state index in [1.54, 1.807) is 18.2 Å². The summed E-state index contributed by atoms with van der Waals surface area (Å²) in [5.74, 6) is -1.96. The minimum atomic E-state index is -1.05. The lowest BCUT2D eigenvalue weighted by atomic mass is 10.00. The molecule has 0 saturated carbocycles. The molecule has 1 aromatic carbocycles. The van der Waals surface area contributed by atoms with Gasteiger partial charge in [-0.2, -0.15) is 0 Å². The zero-order valence-corrected chi connectivity index (χ0v) is 23.5. The average molecular weight is 562 g/mol. The lowest BCUT2D eigenvalue weighted by molar-refractivity contribution is -0.141. The van der Waals surface area contributed by atoms with Crippen molar-refractivity contribution in [3.8, 4) is 5.75 Å². The fraction of sp³-hybridized carbons (Fsp3) is 0.429. The number of methoxy groups -OCH3 is 1. The number of carbonyl (C=O) groups is 3. The van der Waals surface area contributed by atoms with E-state index < -0.39 is 35.8 Å². The highest BCUT2D eigenvalue weighted by Gasteiger charge is 2.23. The molecule has 212 valence electrons. The van der Waals surface area contributed by atoms with E-state index in [-0.39, 0.29) is 25.3 Å². The number of ether oxygens (including phenoxy) is 1. The second-order valence-corrected chi connectivity index (χ2v) is 9.79. The number of aryl methyl sites for hydroxylation is 2. The first-order valence-electron chi connectivity index (χ1n) is 12.5. The molecule has 4 N–H and O–H groups in total. The number of rotatable bonds is 14. The number of nitrogens with zero attached hydrogens (tertiary/aromatic N) is 1. The van der Waals surface area contributed by atoms with Crippen molar-refractivity contribution in [2.45, 2.75) is 52.7 Å². The standard InChI is InChI=1S/C28H36ClN3O7/c1-16(9-11-21-18(3)32-39-19(21)4)24(33)7-6-8-26(34)31-23(27(35)30-15-17(2)28(36)37)14-20-10-12-25(38-5)22(29)13-20/h6,8-13,16-17,23-24,33H,7,14-15H2,1-5H3,(H,30,35)(H,31,34)(H,36,37)/b8-6+,11-9+/t16-,17?,23?,24+/m1/s1. The number of carbonyl (C=O) groups excluding carboxylic acids is 2. The number of benzene rings is 1. The van der Waals surface area contributed by atoms with Crippen LogP contribution in [0.3, 0.4) is 0 Å². The van der Waals surface area contributed by atoms with E-state index in [0.717, 1.165) is 11.3 Å². The minimum Gasteiger partial charge on any atom is -0.495 e. The number of aromatic nitrogens is 1. The van der Waals surface area contributed by atoms with Crippen LogP contribution in [-0.2, 0) is 20.8 Å². The van der Waals surface area contributed by atoms with Crippen molar-refractivity contribution in [1.29, 1.82) is 0 Å². The van der Waals surface area contributed by atoms with Gasteiger partial charge in [0.25, 0.3) is 0 Å². The smallest absolute Gasteiger partial charge is 0.308 e. The predicted octanol–water partition coefficient (Wildman–Crippen LogP) is 3.47. The largest absolute Gasteiger partial charge is 0.495 e. The zero-order valence-electron chi connectivity index (χ0n) is 22.7. The van der Waals surface area contributed by atoms with Gasteiger partial charge < -0.3 is 30.1 Å². The SMILES string of the molecule is COc1ccc(CC(NC(=O)/C=C/C[C@H](O)[C@H](C)/C=C/c2c(C)noc2C)C(=O)NCC(C)C(=O)O)cc1Cl. The van der Waals surface area contributed by atoms with Gasteiger partial charge in [-0.15, -0.1) is 0 Å². The van der Waals surface area contributed by atoms with E-state index in [2.05, 4.69) is 15.8 Å². The van der Waals surface area contributed by atoms with Gasteiger partial charge >= 0.3 is 5.97 Å². The molecule has 10 nitrogen and oxygen atoms in total. The summed E-state index contributed by atoms with van der Waals surface area (Å²) in [4.78, 5) is 36.6. The van der Waals surface area contributed by atoms with Crippen LogP contribution < -0.4 is 15.4 Å². The summed E-state index contributed by atoms with van der Waals surface area (Å²) in [5.41, 5.74) is 2.30. The van der Waals surface area contributed by atoms with Crippen molar-refractivity contribution in [3.63, 3.8) is 0 Å². The summed E-state index contributed by atoms with van der Waals surface area (Å²) in [5, 5.41) is 29.1. The molecule has 2 amide bonds. The molecule has 0 saturated heterocycles. The molecule has 11 heteroatoms. The fourth-order valence-electron chi connectivity index (χ4n) is 3.60. The van der Waals surface area contributed by atoms with Crippen molar-refractivity contribution in [2.75, 3.05) is 13.7 Å². The molecule has 2 unspecified atom stereocenters. The van der Waals surface area contributed by atoms with Crippen LogP contribution >= 0.6 is 11.6 Å². The molecular weight excluding hydrogens is 526 g/mol. The van der Waals surface area contributed by atoms with Gasteiger partial charge in [0.05, 0.1) is 29.8 Å². The first-order chi connectivity index (χ1) is 18.4. The van der Waals surface area contributed by atoms with Crippen LogP contribution in [0.1, 0.15) is 42.8 Å². The van der Waals surface area contributed by atoms with Gasteiger partial charge in [-0.25, -0.2) is 0 Å². The molecule has 2 aromatic rings. The number of aliphatic carboxylic acids is 1. The zero-order chi connectivity index (χ0) is 29.1. The van der Waals surface area contributed by atoms with Crippen LogP contribution in [0.25, 0.3) is 6.08 Å². The molecule has 0 aliphatic heterocycles. The van der Waals surface area contributed by atoms with Crippen LogP contribution in [0.2, 0.25) is 5.02 Å². The summed E-state index contributed by atoms with van der Waals surface area (Å²) >= 11 is 6.20. The highest BCUT2D eigenvalue weighted by atomic mass is 35.5. The topological polar surface area (TPSA) is 151 Å². The average Bonchev–Trinajstić information content (AvgIpc) is 3.21. The van der Waals surface area contributed by atoms with Crippen molar-refractivity contribution < 1.29 is 33.9 Å². The predicted molar refractivity (Wildman–Crippen MR) is 147 cm³/mol. The van der Waals surface area contributed by atoms with Crippen LogP contribution in [-0.4, -0.2) is 59.0 Å². The number of amides is 2. The lowest BCUT2D eigenvalue weighted by Gasteiger charge is -2.19. The number of aliphatic hydroxyl groups is 1. The Morgan fingerprint density at radius 2 is 1.95 bits per heavy atom. The first kappa shape index (κ1) is 31.6. The molecule has 0 radical (unpaired) electrons. The number of aliphatic hydroxyl groups excluding tert-OH is 1. The summed E-state index contributed by atoms with van der Waals surface area (Å²) in [6.07, 6.45) is 6.07. The Morgan fingerprint density at radius 1 is 1.23 bits per heavy atom. The van der Waals surface area contributed by atoms with Crippen LogP contribution in [0.5, 0.6) is 5.75 Å². The first-order valence-corrected chi connectivity index (χ1v) is 12.9. The van der Waals surface area contributed by atoms with E-state index in [1.807, 2.05) is 32.9 Å². The number of nitrogens with one attached hydrogen (secondary N) is 2. The third-order valence-electron chi connectivity index (χ3n) is 6.20. The monoisotopic (exact) mass is 561 g/mol. The number of hydrogen-bond acceptors (Lipinski definition) is 7. The van der Waals surface area contributed by atoms with Crippen LogP contribution in [0.4, 0.5) is 0 Å². The highest BCUT2D eigenvalue weighted by Crippen LogP contribution is 2.25. The summed E-state index contributed by atoms with van der Waals surface area (Å²) in [6.45, 7) is 6.88. The minimum absolute atomic E-state index is 0.0920. The van der Waals surface area contributed by atoms with Gasteiger partial charge in [0.1, 0.15) is 17.6 Å². The fourth-order valence-corrected chi connectivity index (χ4v) is 3.88. The third-order valence-corrected chi connectivity index (χ3v) is 6.50. The maximum absolute atomic E-state index is 12.8. The van der Waals surface area contributed by atoms with Gasteiger partial charge in [0.2, 0.25) is 11.8 Å². The molecule has 0 fully saturated rings. The molecule has 4 atom stereocenters. The van der Waals surface area contributed by atoms with Crippen LogP contribution in [0.15, 0.2) is 41.0 Å². The molecule has 0 aliphatic carbocycles. The van der Waals surface area contributed by atoms with Crippen molar-refractivity contribution in [3.05, 3.63) is 64.0 Å². The Balaban J connectivity index is 2.03. The summed E-state index contributed by atoms with van der Waals surface area (Å²) in [7, 11) is 1.49. The van der Waals surface area contributed by atoms with Gasteiger partial charge in [0.15, 0.2) is 0 Å². The number of hydrogen-bond donors (Lipinski definition) is 4. The van der Waals surface area contributed by atoms with Crippen molar-refractivity contribution in [2.24, 2.45) is 11.8 Å². The van der Waals surface area contributed by atoms with E-state index >= 15 is 0 Å². The van der Waals surface area contributed by atoms with E-state index in [1.165, 1.54) is 26.2 Å². The van der Waals surface area contributed by atoms with Gasteiger partial charge in [0, 0.05) is 24.4 Å². The normalized spacial score (nSPS) is 14.6. The summed E-state index contributed by atoms with van der Waals surface area (Å²) < 4.78 is 10.3. The maximum Gasteiger partial charge on any atom is 0.308 e. The second-order valence-electron chi connectivity index (χ2n) is 9.38. The molecule has 0 aliphatic rings. The van der Waals surface area contributed by atoms with E-state index in [0.29, 0.717) is 22.1 Å². The number of carboxylic acids is 1. The highest BCUT2D eigenvalue weighted by molar-refractivity contribution is 6.32. The van der Waals surface area contributed by atoms with E-state index in [4.69, 9.17) is 26.0 Å². The van der Waals surface area contributed by atoms with Crippen molar-refractivity contribution >= 4 is 35.5 Å². The Hall–Kier alpha value is -3.63. The van der Waals surface area contributed by atoms with E-state index in [9.17, 15) is 19.5 Å². The Morgan fingerprint density at radius 3 is 2.54 bits per heavy atom. The molecule has 1 aromatic heterocycles. The van der Waals surface area contributed by atoms with Crippen LogP contribution in [0, 0.1) is 25.7 Å². The lowest BCUT2D eigenvalue weighted by Crippen LogP contribution is -2.48. The summed E-state index contributed by atoms with van der Waals surface area (Å²) in [6, 6.07) is 4.02. The van der Waals surface area contributed by atoms with Crippen molar-refractivity contribution in [1.82, 2.24) is 15.8 Å². The third kappa shape index (κ3) is 9.88. The number of halogens is 1. The van der Waals surface area contributed by atoms with Gasteiger partial charge in [-0.3, -0.25) is 14.4 Å². The second kappa shape index (κ2) is 15.1. The Kier molecular flexibility index (Phi) is 12.2. The molecular formula is C28H36ClN3O7. The van der Waals surface area contributed by atoms with Gasteiger partial charge in [-0.05, 0) is 44.0 Å².